The van der Waals surface area contributed by atoms with Gasteiger partial charge in [0.25, 0.3) is 10.0 Å². The number of benzene rings is 2. The zero-order valence-corrected chi connectivity index (χ0v) is 16.9. The van der Waals surface area contributed by atoms with Crippen LogP contribution < -0.4 is 14.8 Å². The second kappa shape index (κ2) is 8.31. The summed E-state index contributed by atoms with van der Waals surface area (Å²) in [5.41, 5.74) is 3.37. The lowest BCUT2D eigenvalue weighted by Gasteiger charge is -2.12. The fourth-order valence-electron chi connectivity index (χ4n) is 2.72. The molecule has 3 aromatic rings. The van der Waals surface area contributed by atoms with Gasteiger partial charge < -0.3 is 10.1 Å². The summed E-state index contributed by atoms with van der Waals surface area (Å²) in [5, 5.41) is 3.22. The number of rotatable bonds is 7. The third kappa shape index (κ3) is 4.80. The molecular weight excluding hydrogens is 374 g/mol. The van der Waals surface area contributed by atoms with Gasteiger partial charge in [0.1, 0.15) is 11.6 Å². The summed E-state index contributed by atoms with van der Waals surface area (Å²) in [7, 11) is -2.16. The third-order valence-corrected chi connectivity index (χ3v) is 5.82. The molecule has 2 N–H and O–H groups in total. The maximum absolute atomic E-state index is 12.6. The number of hydrogen-bond donors (Lipinski definition) is 2. The van der Waals surface area contributed by atoms with E-state index in [-0.39, 0.29) is 4.90 Å². The molecule has 1 heterocycles. The number of aryl methyl sites for hydroxylation is 2. The molecule has 0 amide bonds. The summed E-state index contributed by atoms with van der Waals surface area (Å²) in [4.78, 5) is 4.48. The lowest BCUT2D eigenvalue weighted by Crippen LogP contribution is -2.14. The molecule has 0 aliphatic rings. The quantitative estimate of drug-likeness (QED) is 0.627. The van der Waals surface area contributed by atoms with Crippen LogP contribution in [0.4, 0.5) is 11.5 Å². The van der Waals surface area contributed by atoms with E-state index in [1.807, 2.05) is 6.92 Å². The lowest BCUT2D eigenvalue weighted by atomic mass is 10.1. The van der Waals surface area contributed by atoms with Crippen LogP contribution >= 0.6 is 0 Å². The van der Waals surface area contributed by atoms with Crippen molar-refractivity contribution in [1.82, 2.24) is 4.98 Å². The average molecular weight is 398 g/mol. The van der Waals surface area contributed by atoms with Gasteiger partial charge in [-0.1, -0.05) is 29.8 Å². The SMILES string of the molecule is COc1ccc(S(=O)(=O)Nc2ccc(NCc3ccc(C)cc3)nc2)c(C)c1. The average Bonchev–Trinajstić information content (AvgIpc) is 2.68. The lowest BCUT2D eigenvalue weighted by molar-refractivity contribution is 0.414. The molecule has 7 heteroatoms. The number of hydrogen-bond acceptors (Lipinski definition) is 5. The Kier molecular flexibility index (Phi) is 5.84. The molecule has 0 spiro atoms. The number of methoxy groups -OCH3 is 1. The van der Waals surface area contributed by atoms with E-state index in [4.69, 9.17) is 4.74 Å². The Balaban J connectivity index is 1.67. The molecule has 0 saturated carbocycles. The summed E-state index contributed by atoms with van der Waals surface area (Å²) >= 11 is 0. The first-order valence-electron chi connectivity index (χ1n) is 8.80. The predicted molar refractivity (Wildman–Crippen MR) is 111 cm³/mol. The van der Waals surface area contributed by atoms with Crippen LogP contribution in [0.3, 0.4) is 0 Å². The van der Waals surface area contributed by atoms with Crippen molar-refractivity contribution in [2.24, 2.45) is 0 Å². The van der Waals surface area contributed by atoms with E-state index >= 15 is 0 Å². The summed E-state index contributed by atoms with van der Waals surface area (Å²) in [6, 6.07) is 16.5. The number of sulfonamides is 1. The van der Waals surface area contributed by atoms with E-state index in [2.05, 4.69) is 39.3 Å². The highest BCUT2D eigenvalue weighted by molar-refractivity contribution is 7.92. The monoisotopic (exact) mass is 397 g/mol. The van der Waals surface area contributed by atoms with E-state index in [1.54, 1.807) is 38.3 Å². The van der Waals surface area contributed by atoms with Gasteiger partial charge in [0.2, 0.25) is 0 Å². The van der Waals surface area contributed by atoms with Crippen molar-refractivity contribution in [2.75, 3.05) is 17.1 Å². The second-order valence-electron chi connectivity index (χ2n) is 6.51. The van der Waals surface area contributed by atoms with E-state index < -0.39 is 10.0 Å². The minimum Gasteiger partial charge on any atom is -0.497 e. The molecule has 0 aliphatic heterocycles. The van der Waals surface area contributed by atoms with Crippen molar-refractivity contribution in [3.63, 3.8) is 0 Å². The second-order valence-corrected chi connectivity index (χ2v) is 8.16. The van der Waals surface area contributed by atoms with Gasteiger partial charge in [0.05, 0.1) is 23.9 Å². The first-order chi connectivity index (χ1) is 13.4. The highest BCUT2D eigenvalue weighted by Gasteiger charge is 2.17. The highest BCUT2D eigenvalue weighted by Crippen LogP contribution is 2.23. The van der Waals surface area contributed by atoms with Crippen LogP contribution in [0, 0.1) is 13.8 Å². The van der Waals surface area contributed by atoms with Gasteiger partial charge in [-0.15, -0.1) is 0 Å². The number of nitrogens with one attached hydrogen (secondary N) is 2. The smallest absolute Gasteiger partial charge is 0.262 e. The topological polar surface area (TPSA) is 80.3 Å². The molecule has 0 fully saturated rings. The van der Waals surface area contributed by atoms with Crippen molar-refractivity contribution >= 4 is 21.5 Å². The molecule has 0 saturated heterocycles. The molecule has 3 rings (SSSR count). The van der Waals surface area contributed by atoms with Crippen LogP contribution in [0.15, 0.2) is 65.7 Å². The van der Waals surface area contributed by atoms with Crippen molar-refractivity contribution in [3.05, 3.63) is 77.5 Å². The Morgan fingerprint density at radius 3 is 2.36 bits per heavy atom. The van der Waals surface area contributed by atoms with Crippen LogP contribution in [0.25, 0.3) is 0 Å². The van der Waals surface area contributed by atoms with Gasteiger partial charge in [-0.25, -0.2) is 13.4 Å². The molecule has 0 radical (unpaired) electrons. The normalized spacial score (nSPS) is 11.1. The van der Waals surface area contributed by atoms with E-state index in [1.165, 1.54) is 17.8 Å². The Morgan fingerprint density at radius 1 is 1.00 bits per heavy atom. The standard InChI is InChI=1S/C21H23N3O3S/c1-15-4-6-17(7-5-15)13-22-21-11-8-18(14-23-21)24-28(25,26)20-10-9-19(27-3)12-16(20)2/h4-12,14,24H,13H2,1-3H3,(H,22,23). The summed E-state index contributed by atoms with van der Waals surface area (Å²) in [6.45, 7) is 4.42. The number of anilines is 2. The molecule has 2 aromatic carbocycles. The molecule has 1 aromatic heterocycles. The number of nitrogens with zero attached hydrogens (tertiary/aromatic N) is 1. The fourth-order valence-corrected chi connectivity index (χ4v) is 3.99. The summed E-state index contributed by atoms with van der Waals surface area (Å²) in [5.74, 6) is 1.28. The van der Waals surface area contributed by atoms with Gasteiger partial charge in [0.15, 0.2) is 0 Å². The molecule has 0 atom stereocenters. The summed E-state index contributed by atoms with van der Waals surface area (Å²) < 4.78 is 33.0. The van der Waals surface area contributed by atoms with Gasteiger partial charge in [-0.2, -0.15) is 0 Å². The maximum Gasteiger partial charge on any atom is 0.262 e. The van der Waals surface area contributed by atoms with Crippen molar-refractivity contribution < 1.29 is 13.2 Å². The third-order valence-electron chi connectivity index (χ3n) is 4.28. The van der Waals surface area contributed by atoms with Gasteiger partial charge in [-0.05, 0) is 55.3 Å². The minimum absolute atomic E-state index is 0.204. The van der Waals surface area contributed by atoms with E-state index in [0.717, 1.165) is 5.56 Å². The number of ether oxygens (including phenoxy) is 1. The fraction of sp³-hybridized carbons (Fsp3) is 0.190. The molecule has 28 heavy (non-hydrogen) atoms. The molecule has 146 valence electrons. The van der Waals surface area contributed by atoms with Crippen molar-refractivity contribution in [1.29, 1.82) is 0 Å². The Hall–Kier alpha value is -3.06. The molecule has 0 aliphatic carbocycles. The van der Waals surface area contributed by atoms with Crippen LogP contribution in [-0.4, -0.2) is 20.5 Å². The number of pyridine rings is 1. The van der Waals surface area contributed by atoms with Gasteiger partial charge in [-0.3, -0.25) is 4.72 Å². The number of aromatic nitrogens is 1. The summed E-state index contributed by atoms with van der Waals surface area (Å²) in [6.07, 6.45) is 1.49. The highest BCUT2D eigenvalue weighted by atomic mass is 32.2. The van der Waals surface area contributed by atoms with Gasteiger partial charge >= 0.3 is 0 Å². The zero-order valence-electron chi connectivity index (χ0n) is 16.1. The van der Waals surface area contributed by atoms with E-state index in [0.29, 0.717) is 29.4 Å². The largest absolute Gasteiger partial charge is 0.497 e. The van der Waals surface area contributed by atoms with Crippen LogP contribution in [0.2, 0.25) is 0 Å². The molecule has 0 unspecified atom stereocenters. The van der Waals surface area contributed by atoms with Crippen LogP contribution in [0.1, 0.15) is 16.7 Å². The van der Waals surface area contributed by atoms with Crippen molar-refractivity contribution in [3.8, 4) is 5.75 Å². The molecular formula is C21H23N3O3S. The maximum atomic E-state index is 12.6. The molecule has 0 bridgehead atoms. The zero-order chi connectivity index (χ0) is 20.1. The van der Waals surface area contributed by atoms with Crippen LogP contribution in [0.5, 0.6) is 5.75 Å². The van der Waals surface area contributed by atoms with Crippen molar-refractivity contribution in [2.45, 2.75) is 25.3 Å². The minimum atomic E-state index is -3.71. The Bertz CT molecular complexity index is 1050. The first-order valence-corrected chi connectivity index (χ1v) is 10.3. The predicted octanol–water partition coefficient (Wildman–Crippen LogP) is 4.12. The Labute approximate surface area is 165 Å². The van der Waals surface area contributed by atoms with Crippen LogP contribution in [-0.2, 0) is 16.6 Å². The molecule has 6 nitrogen and oxygen atoms in total. The Morgan fingerprint density at radius 2 is 1.75 bits per heavy atom. The first kappa shape index (κ1) is 19.7. The van der Waals surface area contributed by atoms with E-state index in [9.17, 15) is 8.42 Å². The van der Waals surface area contributed by atoms with Gasteiger partial charge in [0, 0.05) is 6.54 Å².